The van der Waals surface area contributed by atoms with Gasteiger partial charge in [-0.3, -0.25) is 14.9 Å². The zero-order valence-corrected chi connectivity index (χ0v) is 16.7. The number of hydrogen-bond donors (Lipinski definition) is 2. The van der Waals surface area contributed by atoms with Crippen molar-refractivity contribution in [2.45, 2.75) is 39.3 Å². The summed E-state index contributed by atoms with van der Waals surface area (Å²) in [5.41, 5.74) is -3.16. The van der Waals surface area contributed by atoms with Crippen molar-refractivity contribution < 1.29 is 28.0 Å². The molecular weight excluding hydrogens is 413 g/mol. The summed E-state index contributed by atoms with van der Waals surface area (Å²) in [5.74, 6) is -1.42. The van der Waals surface area contributed by atoms with Gasteiger partial charge in [-0.2, -0.15) is 13.2 Å². The van der Waals surface area contributed by atoms with E-state index in [1.165, 1.54) is 13.0 Å². The first kappa shape index (κ1) is 22.5. The van der Waals surface area contributed by atoms with E-state index in [1.807, 2.05) is 0 Å². The highest BCUT2D eigenvalue weighted by atomic mass is 35.5. The first-order valence-electron chi connectivity index (χ1n) is 8.34. The van der Waals surface area contributed by atoms with Gasteiger partial charge in [0.05, 0.1) is 21.7 Å². The lowest BCUT2D eigenvalue weighted by Crippen LogP contribution is -2.20. The maximum absolute atomic E-state index is 13.3. The molecule has 0 heterocycles. The molecule has 10 heteroatoms. The fourth-order valence-electron chi connectivity index (χ4n) is 2.76. The Bertz CT molecular complexity index is 998. The average molecular weight is 431 g/mol. The number of amides is 1. The highest BCUT2D eigenvalue weighted by Gasteiger charge is 2.36. The lowest BCUT2D eigenvalue weighted by molar-refractivity contribution is -0.385. The first-order chi connectivity index (χ1) is 13.1. The van der Waals surface area contributed by atoms with Crippen LogP contribution in [0.15, 0.2) is 24.3 Å². The van der Waals surface area contributed by atoms with Crippen molar-refractivity contribution >= 4 is 28.9 Å². The minimum atomic E-state index is -4.95. The average Bonchev–Trinajstić information content (AvgIpc) is 2.56. The molecule has 29 heavy (non-hydrogen) atoms. The molecule has 0 atom stereocenters. The van der Waals surface area contributed by atoms with Crippen LogP contribution in [0.5, 0.6) is 5.75 Å². The summed E-state index contributed by atoms with van der Waals surface area (Å²) in [7, 11) is 0. The lowest BCUT2D eigenvalue weighted by Gasteiger charge is -2.24. The molecule has 0 aliphatic heterocycles. The van der Waals surface area contributed by atoms with Gasteiger partial charge in [-0.25, -0.2) is 0 Å². The molecule has 0 aromatic heterocycles. The second-order valence-corrected chi connectivity index (χ2v) is 7.85. The number of aromatic hydroxyl groups is 1. The molecule has 2 aromatic carbocycles. The van der Waals surface area contributed by atoms with Crippen LogP contribution in [-0.4, -0.2) is 15.9 Å². The molecule has 0 radical (unpaired) electrons. The Morgan fingerprint density at radius 1 is 1.17 bits per heavy atom. The van der Waals surface area contributed by atoms with Crippen molar-refractivity contribution in [3.63, 3.8) is 0 Å². The number of rotatable bonds is 3. The lowest BCUT2D eigenvalue weighted by atomic mass is 9.84. The maximum Gasteiger partial charge on any atom is 0.418 e. The van der Waals surface area contributed by atoms with Gasteiger partial charge < -0.3 is 10.4 Å². The Labute approximate surface area is 169 Å². The summed E-state index contributed by atoms with van der Waals surface area (Å²) < 4.78 is 40.0. The van der Waals surface area contributed by atoms with Gasteiger partial charge >= 0.3 is 6.18 Å². The van der Waals surface area contributed by atoms with Gasteiger partial charge in [0, 0.05) is 22.7 Å². The van der Waals surface area contributed by atoms with E-state index in [0.717, 1.165) is 12.1 Å². The number of halogens is 4. The van der Waals surface area contributed by atoms with E-state index in [4.69, 9.17) is 11.6 Å². The third-order valence-corrected chi connectivity index (χ3v) is 4.69. The summed E-state index contributed by atoms with van der Waals surface area (Å²) in [6.45, 7) is 6.76. The molecule has 0 aliphatic carbocycles. The molecule has 0 spiro atoms. The molecule has 156 valence electrons. The standard InChI is InChI=1S/C19H18ClF3N2O4/c1-9-13(20)8-12(18(2,3)4)16(26)15(9)17(27)24-14-6-5-10(25(28)29)7-11(14)19(21,22)23/h5-8,26H,1-4H3,(H,24,27). The van der Waals surface area contributed by atoms with Crippen molar-refractivity contribution in [1.82, 2.24) is 0 Å². The van der Waals surface area contributed by atoms with Crippen LogP contribution < -0.4 is 5.32 Å². The SMILES string of the molecule is Cc1c(Cl)cc(C(C)(C)C)c(O)c1C(=O)Nc1ccc([N+](=O)[O-])cc1C(F)(F)F. The van der Waals surface area contributed by atoms with Gasteiger partial charge in [0.2, 0.25) is 0 Å². The van der Waals surface area contributed by atoms with Crippen LogP contribution in [-0.2, 0) is 11.6 Å². The van der Waals surface area contributed by atoms with Gasteiger partial charge in [0.1, 0.15) is 5.75 Å². The van der Waals surface area contributed by atoms with E-state index in [-0.39, 0.29) is 16.1 Å². The van der Waals surface area contributed by atoms with Gasteiger partial charge in [-0.1, -0.05) is 32.4 Å². The molecule has 6 nitrogen and oxygen atoms in total. The van der Waals surface area contributed by atoms with Gasteiger partial charge in [0.25, 0.3) is 11.6 Å². The normalized spacial score (nSPS) is 12.0. The van der Waals surface area contributed by atoms with E-state index in [2.05, 4.69) is 5.32 Å². The third kappa shape index (κ3) is 4.61. The van der Waals surface area contributed by atoms with Crippen molar-refractivity contribution in [2.75, 3.05) is 5.32 Å². The maximum atomic E-state index is 13.3. The van der Waals surface area contributed by atoms with Crippen molar-refractivity contribution in [1.29, 1.82) is 0 Å². The van der Waals surface area contributed by atoms with E-state index in [1.54, 1.807) is 20.8 Å². The van der Waals surface area contributed by atoms with Crippen LogP contribution in [0.4, 0.5) is 24.5 Å². The number of benzene rings is 2. The van der Waals surface area contributed by atoms with E-state index >= 15 is 0 Å². The summed E-state index contributed by atoms with van der Waals surface area (Å²) in [5, 5.41) is 23.6. The number of carbonyl (C=O) groups is 1. The fraction of sp³-hybridized carbons (Fsp3) is 0.316. The Morgan fingerprint density at radius 3 is 2.24 bits per heavy atom. The molecule has 0 saturated carbocycles. The van der Waals surface area contributed by atoms with E-state index in [0.29, 0.717) is 11.6 Å². The largest absolute Gasteiger partial charge is 0.507 e. The molecule has 0 saturated heterocycles. The molecule has 0 unspecified atom stereocenters. The molecule has 0 fully saturated rings. The number of phenolic OH excluding ortho intramolecular Hbond substituents is 1. The fourth-order valence-corrected chi connectivity index (χ4v) is 2.96. The monoisotopic (exact) mass is 430 g/mol. The molecule has 2 rings (SSSR count). The molecule has 2 aromatic rings. The van der Waals surface area contributed by atoms with Gasteiger partial charge in [-0.15, -0.1) is 0 Å². The van der Waals surface area contributed by atoms with Crippen LogP contribution in [0.3, 0.4) is 0 Å². The number of nitrogens with zero attached hydrogens (tertiary/aromatic N) is 1. The van der Waals surface area contributed by atoms with Crippen LogP contribution >= 0.6 is 11.6 Å². The number of hydrogen-bond acceptors (Lipinski definition) is 4. The minimum Gasteiger partial charge on any atom is -0.507 e. The number of phenols is 1. The number of nitro benzene ring substituents is 1. The number of nitro groups is 1. The first-order valence-corrected chi connectivity index (χ1v) is 8.72. The zero-order chi connectivity index (χ0) is 22.3. The van der Waals surface area contributed by atoms with E-state index < -0.39 is 45.1 Å². The molecule has 0 aliphatic rings. The minimum absolute atomic E-state index is 0.164. The van der Waals surface area contributed by atoms with Crippen LogP contribution in [0.2, 0.25) is 5.02 Å². The third-order valence-electron chi connectivity index (χ3n) is 4.30. The Hall–Kier alpha value is -2.81. The summed E-state index contributed by atoms with van der Waals surface area (Å²) in [6.07, 6.45) is -4.95. The number of anilines is 1. The van der Waals surface area contributed by atoms with Crippen molar-refractivity contribution in [3.05, 3.63) is 61.7 Å². The Morgan fingerprint density at radius 2 is 1.76 bits per heavy atom. The second-order valence-electron chi connectivity index (χ2n) is 7.44. The van der Waals surface area contributed by atoms with Crippen LogP contribution in [0.1, 0.15) is 47.8 Å². The molecular formula is C19H18ClF3N2O4. The Kier molecular flexibility index (Phi) is 5.85. The predicted octanol–water partition coefficient (Wildman–Crippen LogP) is 5.83. The van der Waals surface area contributed by atoms with Crippen molar-refractivity contribution in [3.8, 4) is 5.75 Å². The Balaban J connectivity index is 2.59. The highest BCUT2D eigenvalue weighted by molar-refractivity contribution is 6.32. The zero-order valence-electron chi connectivity index (χ0n) is 15.9. The summed E-state index contributed by atoms with van der Waals surface area (Å²) in [6, 6.07) is 3.47. The number of nitrogens with one attached hydrogen (secondary N) is 1. The highest BCUT2D eigenvalue weighted by Crippen LogP contribution is 2.40. The molecule has 1 amide bonds. The predicted molar refractivity (Wildman–Crippen MR) is 103 cm³/mol. The summed E-state index contributed by atoms with van der Waals surface area (Å²) >= 11 is 6.16. The van der Waals surface area contributed by atoms with E-state index in [9.17, 15) is 33.2 Å². The van der Waals surface area contributed by atoms with Gasteiger partial charge in [-0.05, 0) is 30.0 Å². The number of carbonyl (C=O) groups excluding carboxylic acids is 1. The summed E-state index contributed by atoms with van der Waals surface area (Å²) in [4.78, 5) is 22.6. The van der Waals surface area contributed by atoms with Crippen LogP contribution in [0.25, 0.3) is 0 Å². The second kappa shape index (κ2) is 7.55. The quantitative estimate of drug-likeness (QED) is 0.473. The topological polar surface area (TPSA) is 92.5 Å². The van der Waals surface area contributed by atoms with Gasteiger partial charge in [0.15, 0.2) is 0 Å². The number of non-ortho nitro benzene ring substituents is 1. The van der Waals surface area contributed by atoms with Crippen molar-refractivity contribution in [2.24, 2.45) is 0 Å². The molecule has 2 N–H and O–H groups in total. The number of alkyl halides is 3. The molecule has 0 bridgehead atoms. The smallest absolute Gasteiger partial charge is 0.418 e. The van der Waals surface area contributed by atoms with Crippen LogP contribution in [0, 0.1) is 17.0 Å².